The number of carbonyl (C=O) groups excluding carboxylic acids is 1. The molecule has 1 heterocycles. The highest BCUT2D eigenvalue weighted by molar-refractivity contribution is 5.94. The summed E-state index contributed by atoms with van der Waals surface area (Å²) in [6.07, 6.45) is 2.53. The summed E-state index contributed by atoms with van der Waals surface area (Å²) in [4.78, 5) is 16.5. The van der Waals surface area contributed by atoms with E-state index in [2.05, 4.69) is 16.7 Å². The van der Waals surface area contributed by atoms with Gasteiger partial charge in [0.25, 0.3) is 5.91 Å². The molecule has 0 atom stereocenters. The lowest BCUT2D eigenvalue weighted by Gasteiger charge is -2.21. The van der Waals surface area contributed by atoms with Gasteiger partial charge < -0.3 is 14.9 Å². The van der Waals surface area contributed by atoms with E-state index in [1.807, 2.05) is 19.2 Å². The molecule has 112 valence electrons. The van der Waals surface area contributed by atoms with Crippen LogP contribution in [0, 0.1) is 11.8 Å². The molecule has 1 N–H and O–H groups in total. The zero-order valence-electron chi connectivity index (χ0n) is 12.5. The number of rotatable bonds is 4. The molecule has 0 bridgehead atoms. The van der Waals surface area contributed by atoms with Crippen LogP contribution >= 0.6 is 0 Å². The van der Waals surface area contributed by atoms with Gasteiger partial charge in [-0.05, 0) is 44.1 Å². The van der Waals surface area contributed by atoms with Crippen molar-refractivity contribution in [3.8, 4) is 11.8 Å². The third kappa shape index (κ3) is 4.59. The first-order valence-corrected chi connectivity index (χ1v) is 7.38. The Morgan fingerprint density at radius 3 is 2.86 bits per heavy atom. The van der Waals surface area contributed by atoms with Crippen molar-refractivity contribution in [2.75, 3.05) is 39.8 Å². The standard InChI is InChI=1S/C17H22N2O2/c1-18(11-12-19-9-2-3-10-19)17(21)16-8-4-6-15(14-16)7-5-13-20/h4,6,8,14,20H,2-3,9-13H2,1H3. The van der Waals surface area contributed by atoms with Crippen LogP contribution in [0.2, 0.25) is 0 Å². The van der Waals surface area contributed by atoms with E-state index in [0.717, 1.165) is 31.7 Å². The van der Waals surface area contributed by atoms with Crippen LogP contribution in [0.1, 0.15) is 28.8 Å². The molecule has 0 aliphatic carbocycles. The molecular weight excluding hydrogens is 264 g/mol. The number of benzene rings is 1. The van der Waals surface area contributed by atoms with Crippen LogP contribution in [0.4, 0.5) is 0 Å². The topological polar surface area (TPSA) is 43.8 Å². The van der Waals surface area contributed by atoms with Crippen molar-refractivity contribution in [2.45, 2.75) is 12.8 Å². The van der Waals surface area contributed by atoms with Gasteiger partial charge in [0.1, 0.15) is 6.61 Å². The van der Waals surface area contributed by atoms with Crippen LogP contribution in [0.5, 0.6) is 0 Å². The Kier molecular flexibility index (Phi) is 5.79. The highest BCUT2D eigenvalue weighted by Gasteiger charge is 2.15. The monoisotopic (exact) mass is 286 g/mol. The molecule has 1 amide bonds. The van der Waals surface area contributed by atoms with E-state index < -0.39 is 0 Å². The number of hydrogen-bond acceptors (Lipinski definition) is 3. The van der Waals surface area contributed by atoms with Gasteiger partial charge in [-0.15, -0.1) is 0 Å². The zero-order valence-corrected chi connectivity index (χ0v) is 12.5. The molecule has 0 unspecified atom stereocenters. The minimum atomic E-state index is -0.173. The maximum atomic E-state index is 12.4. The Morgan fingerprint density at radius 1 is 1.38 bits per heavy atom. The molecule has 21 heavy (non-hydrogen) atoms. The SMILES string of the molecule is CN(CCN1CCCC1)C(=O)c1cccc(C#CCO)c1. The van der Waals surface area contributed by atoms with Crippen LogP contribution in [-0.2, 0) is 0 Å². The highest BCUT2D eigenvalue weighted by Crippen LogP contribution is 2.09. The maximum absolute atomic E-state index is 12.4. The van der Waals surface area contributed by atoms with Gasteiger partial charge in [-0.1, -0.05) is 17.9 Å². The molecule has 1 saturated heterocycles. The largest absolute Gasteiger partial charge is 0.384 e. The Morgan fingerprint density at radius 2 is 2.14 bits per heavy atom. The fraction of sp³-hybridized carbons (Fsp3) is 0.471. The molecule has 0 spiro atoms. The Labute approximate surface area is 126 Å². The van der Waals surface area contributed by atoms with Crippen molar-refractivity contribution >= 4 is 5.91 Å². The van der Waals surface area contributed by atoms with E-state index in [0.29, 0.717) is 5.56 Å². The van der Waals surface area contributed by atoms with Gasteiger partial charge in [-0.3, -0.25) is 4.79 Å². The average molecular weight is 286 g/mol. The minimum absolute atomic E-state index is 0.0156. The van der Waals surface area contributed by atoms with Crippen molar-refractivity contribution in [2.24, 2.45) is 0 Å². The van der Waals surface area contributed by atoms with Crippen LogP contribution in [0.15, 0.2) is 24.3 Å². The van der Waals surface area contributed by atoms with E-state index in [1.165, 1.54) is 12.8 Å². The Balaban J connectivity index is 1.94. The zero-order chi connectivity index (χ0) is 15.1. The summed E-state index contributed by atoms with van der Waals surface area (Å²) < 4.78 is 0. The number of likely N-dealkylation sites (tertiary alicyclic amines) is 1. The van der Waals surface area contributed by atoms with E-state index >= 15 is 0 Å². The molecule has 1 aliphatic heterocycles. The van der Waals surface area contributed by atoms with Gasteiger partial charge in [0.2, 0.25) is 0 Å². The summed E-state index contributed by atoms with van der Waals surface area (Å²) in [7, 11) is 1.84. The first-order valence-electron chi connectivity index (χ1n) is 7.38. The highest BCUT2D eigenvalue weighted by atomic mass is 16.2. The minimum Gasteiger partial charge on any atom is -0.384 e. The Hall–Kier alpha value is -1.83. The molecule has 1 aromatic carbocycles. The predicted molar refractivity (Wildman–Crippen MR) is 83.0 cm³/mol. The molecular formula is C17H22N2O2. The maximum Gasteiger partial charge on any atom is 0.253 e. The molecule has 0 saturated carbocycles. The summed E-state index contributed by atoms with van der Waals surface area (Å²) in [5, 5.41) is 8.71. The summed E-state index contributed by atoms with van der Waals surface area (Å²) >= 11 is 0. The third-order valence-corrected chi connectivity index (χ3v) is 3.72. The molecule has 1 fully saturated rings. The molecule has 2 rings (SSSR count). The second-order valence-corrected chi connectivity index (χ2v) is 5.32. The number of nitrogens with zero attached hydrogens (tertiary/aromatic N) is 2. The number of amides is 1. The van der Waals surface area contributed by atoms with Crippen LogP contribution in [0.25, 0.3) is 0 Å². The van der Waals surface area contributed by atoms with Crippen LogP contribution in [-0.4, -0.2) is 60.6 Å². The number of likely N-dealkylation sites (N-methyl/N-ethyl adjacent to an activating group) is 1. The summed E-state index contributed by atoms with van der Waals surface area (Å²) in [5.41, 5.74) is 1.39. The van der Waals surface area contributed by atoms with Gasteiger partial charge in [0.05, 0.1) is 0 Å². The fourth-order valence-corrected chi connectivity index (χ4v) is 2.49. The number of hydrogen-bond donors (Lipinski definition) is 1. The summed E-state index contributed by atoms with van der Waals surface area (Å²) in [6.45, 7) is 3.80. The van der Waals surface area contributed by atoms with E-state index in [1.54, 1.807) is 17.0 Å². The molecule has 0 radical (unpaired) electrons. The Bertz CT molecular complexity index is 539. The van der Waals surface area contributed by atoms with E-state index in [9.17, 15) is 4.79 Å². The summed E-state index contributed by atoms with van der Waals surface area (Å²) in [5.74, 6) is 5.44. The predicted octanol–water partition coefficient (Wildman–Crippen LogP) is 1.20. The smallest absolute Gasteiger partial charge is 0.253 e. The number of aliphatic hydroxyl groups is 1. The quantitative estimate of drug-likeness (QED) is 0.846. The second kappa shape index (κ2) is 7.82. The van der Waals surface area contributed by atoms with Gasteiger partial charge >= 0.3 is 0 Å². The van der Waals surface area contributed by atoms with Crippen LogP contribution < -0.4 is 0 Å². The number of aliphatic hydroxyl groups excluding tert-OH is 1. The lowest BCUT2D eigenvalue weighted by atomic mass is 10.1. The lowest BCUT2D eigenvalue weighted by molar-refractivity contribution is 0.0782. The molecule has 4 nitrogen and oxygen atoms in total. The van der Waals surface area contributed by atoms with Gasteiger partial charge in [0.15, 0.2) is 0 Å². The average Bonchev–Trinajstić information content (AvgIpc) is 3.03. The molecule has 0 aromatic heterocycles. The summed E-state index contributed by atoms with van der Waals surface area (Å²) in [6, 6.07) is 7.24. The molecule has 1 aromatic rings. The number of carbonyl (C=O) groups is 1. The van der Waals surface area contributed by atoms with E-state index in [4.69, 9.17) is 5.11 Å². The van der Waals surface area contributed by atoms with Crippen LogP contribution in [0.3, 0.4) is 0 Å². The lowest BCUT2D eigenvalue weighted by Crippen LogP contribution is -2.35. The fourth-order valence-electron chi connectivity index (χ4n) is 2.49. The van der Waals surface area contributed by atoms with Gasteiger partial charge in [-0.2, -0.15) is 0 Å². The van der Waals surface area contributed by atoms with E-state index in [-0.39, 0.29) is 12.5 Å². The van der Waals surface area contributed by atoms with Crippen molar-refractivity contribution in [3.63, 3.8) is 0 Å². The van der Waals surface area contributed by atoms with Crippen molar-refractivity contribution in [3.05, 3.63) is 35.4 Å². The molecule has 4 heteroatoms. The molecule has 1 aliphatic rings. The van der Waals surface area contributed by atoms with Gasteiger partial charge in [-0.25, -0.2) is 0 Å². The third-order valence-electron chi connectivity index (χ3n) is 3.72. The van der Waals surface area contributed by atoms with Gasteiger partial charge in [0, 0.05) is 31.3 Å². The van der Waals surface area contributed by atoms with Crippen molar-refractivity contribution in [1.29, 1.82) is 0 Å². The first kappa shape index (κ1) is 15.6. The first-order chi connectivity index (χ1) is 10.2. The second-order valence-electron chi connectivity index (χ2n) is 5.32. The van der Waals surface area contributed by atoms with Crippen molar-refractivity contribution < 1.29 is 9.90 Å². The normalized spacial score (nSPS) is 14.6. The van der Waals surface area contributed by atoms with Crippen molar-refractivity contribution in [1.82, 2.24) is 9.80 Å².